The van der Waals surface area contributed by atoms with Gasteiger partial charge in [0, 0.05) is 29.2 Å². The first-order valence-electron chi connectivity index (χ1n) is 8.02. The first-order chi connectivity index (χ1) is 11.8. The normalized spacial score (nSPS) is 19.2. The lowest BCUT2D eigenvalue weighted by Crippen LogP contribution is -2.23. The molecule has 1 N–H and O–H groups in total. The van der Waals surface area contributed by atoms with Gasteiger partial charge in [0.2, 0.25) is 13.4 Å². The summed E-state index contributed by atoms with van der Waals surface area (Å²) in [7, 11) is 0.115. The quantitative estimate of drug-likeness (QED) is 0.693. The monoisotopic (exact) mass is 328 g/mol. The summed E-state index contributed by atoms with van der Waals surface area (Å²) < 4.78 is 24.1. The molecule has 0 saturated carbocycles. The van der Waals surface area contributed by atoms with Gasteiger partial charge < -0.3 is 18.8 Å². The zero-order valence-electron chi connectivity index (χ0n) is 13.3. The SMILES string of the molecule is [3H]BSOc1ccc2c(c1)OC(O)C1=C2CCOc2ccccc21. The fraction of sp³-hybridized carbons (Fsp3) is 0.176. The molecule has 4 rings (SSSR count). The molecule has 0 aromatic heterocycles. The van der Waals surface area contributed by atoms with Crippen molar-refractivity contribution in [3.8, 4) is 17.2 Å². The first-order valence-corrected chi connectivity index (χ1v) is 8.22. The minimum Gasteiger partial charge on any atom is -0.493 e. The Morgan fingerprint density at radius 2 is 2.13 bits per heavy atom. The summed E-state index contributed by atoms with van der Waals surface area (Å²) in [6.45, 7) is 0.551. The van der Waals surface area contributed by atoms with Crippen molar-refractivity contribution in [3.05, 3.63) is 53.6 Å². The zero-order valence-corrected chi connectivity index (χ0v) is 13.1. The highest BCUT2D eigenvalue weighted by atomic mass is 32.2. The lowest BCUT2D eigenvalue weighted by atomic mass is 9.90. The van der Waals surface area contributed by atoms with Crippen molar-refractivity contribution in [2.75, 3.05) is 6.61 Å². The van der Waals surface area contributed by atoms with Crippen LogP contribution in [-0.4, -0.2) is 26.4 Å². The zero-order chi connectivity index (χ0) is 16.5. The summed E-state index contributed by atoms with van der Waals surface area (Å²) in [6.07, 6.45) is -0.353. The van der Waals surface area contributed by atoms with Crippen LogP contribution in [0.25, 0.3) is 11.1 Å². The second-order valence-corrected chi connectivity index (χ2v) is 5.72. The van der Waals surface area contributed by atoms with Gasteiger partial charge in [-0.3, -0.25) is 0 Å². The van der Waals surface area contributed by atoms with E-state index in [1.54, 1.807) is 6.07 Å². The molecule has 1 unspecified atom stereocenters. The van der Waals surface area contributed by atoms with E-state index in [0.717, 1.165) is 39.9 Å². The summed E-state index contributed by atoms with van der Waals surface area (Å²) in [5, 5.41) is 10.6. The van der Waals surface area contributed by atoms with Gasteiger partial charge in [0.25, 0.3) is 0 Å². The third-order valence-corrected chi connectivity index (χ3v) is 4.34. The molecule has 0 bridgehead atoms. The van der Waals surface area contributed by atoms with Crippen molar-refractivity contribution in [1.82, 2.24) is 0 Å². The second kappa shape index (κ2) is 5.87. The van der Waals surface area contributed by atoms with Crippen LogP contribution in [0.4, 0.5) is 0 Å². The van der Waals surface area contributed by atoms with Crippen molar-refractivity contribution < 1.29 is 18.8 Å². The summed E-state index contributed by atoms with van der Waals surface area (Å²) in [5.74, 6) is 1.96. The average Bonchev–Trinajstić information content (AvgIpc) is 2.80. The van der Waals surface area contributed by atoms with Crippen molar-refractivity contribution in [3.63, 3.8) is 0 Å². The molecule has 0 amide bonds. The molecule has 0 spiro atoms. The maximum absolute atomic E-state index is 10.6. The lowest BCUT2D eigenvalue weighted by molar-refractivity contribution is 0.0313. The van der Waals surface area contributed by atoms with Crippen LogP contribution in [-0.2, 0) is 0 Å². The molecule has 6 heteroatoms. The molecular weight excluding hydrogens is 311 g/mol. The van der Waals surface area contributed by atoms with Crippen molar-refractivity contribution >= 4 is 30.1 Å². The number of hydrogen-bond donors (Lipinski definition) is 1. The number of para-hydroxylation sites is 1. The molecule has 0 saturated heterocycles. The minimum absolute atomic E-state index is 0.115. The second-order valence-electron chi connectivity index (χ2n) is 5.32. The van der Waals surface area contributed by atoms with Gasteiger partial charge in [0.15, 0.2) is 0 Å². The third-order valence-electron chi connectivity index (χ3n) is 4.03. The number of fused-ring (bicyclic) bond motifs is 4. The fourth-order valence-corrected chi connectivity index (χ4v) is 3.33. The molecule has 2 aliphatic heterocycles. The fourth-order valence-electron chi connectivity index (χ4n) is 3.09. The number of aliphatic hydroxyl groups excluding tert-OH is 1. The summed E-state index contributed by atoms with van der Waals surface area (Å²) >= 11 is 1.05. The van der Waals surface area contributed by atoms with Gasteiger partial charge in [-0.2, -0.15) is 0 Å². The van der Waals surface area contributed by atoms with Crippen LogP contribution in [0.15, 0.2) is 42.5 Å². The van der Waals surface area contributed by atoms with Crippen LogP contribution in [0, 0.1) is 0 Å². The predicted octanol–water partition coefficient (Wildman–Crippen LogP) is 2.67. The van der Waals surface area contributed by atoms with Crippen molar-refractivity contribution in [1.29, 1.82) is 1.34 Å². The van der Waals surface area contributed by atoms with Crippen LogP contribution in [0.2, 0.25) is 0 Å². The van der Waals surface area contributed by atoms with Gasteiger partial charge >= 0.3 is 0 Å². The van der Waals surface area contributed by atoms with Gasteiger partial charge in [-0.1, -0.05) is 18.2 Å². The highest BCUT2D eigenvalue weighted by Gasteiger charge is 2.31. The molecule has 0 fully saturated rings. The number of aliphatic hydroxyl groups is 1. The van der Waals surface area contributed by atoms with Crippen LogP contribution in [0.5, 0.6) is 17.2 Å². The summed E-state index contributed by atoms with van der Waals surface area (Å²) in [5.41, 5.74) is 3.62. The smallest absolute Gasteiger partial charge is 0.227 e. The maximum atomic E-state index is 10.6. The van der Waals surface area contributed by atoms with Crippen LogP contribution in [0.3, 0.4) is 0 Å². The molecule has 2 aliphatic rings. The van der Waals surface area contributed by atoms with E-state index in [1.807, 2.05) is 36.4 Å². The largest absolute Gasteiger partial charge is 0.493 e. The molecule has 2 aromatic rings. The van der Waals surface area contributed by atoms with E-state index in [9.17, 15) is 5.11 Å². The Hall–Kier alpha value is -2.05. The average molecular weight is 328 g/mol. The van der Waals surface area contributed by atoms with E-state index in [0.29, 0.717) is 24.5 Å². The lowest BCUT2D eigenvalue weighted by Gasteiger charge is -2.27. The Morgan fingerprint density at radius 1 is 1.22 bits per heavy atom. The van der Waals surface area contributed by atoms with Gasteiger partial charge in [-0.05, 0) is 37.0 Å². The van der Waals surface area contributed by atoms with Gasteiger partial charge in [-0.25, -0.2) is 0 Å². The molecule has 4 nitrogen and oxygen atoms in total. The molecule has 2 heterocycles. The number of benzene rings is 2. The Kier molecular flexibility index (Phi) is 3.42. The van der Waals surface area contributed by atoms with Gasteiger partial charge in [-0.15, -0.1) is 0 Å². The Labute approximate surface area is 140 Å². The molecular formula is C17H15BO4S. The maximum Gasteiger partial charge on any atom is 0.227 e. The van der Waals surface area contributed by atoms with E-state index in [-0.39, 0.29) is 7.09 Å². The van der Waals surface area contributed by atoms with Gasteiger partial charge in [0.05, 0.1) is 6.61 Å². The first kappa shape index (κ1) is 13.4. The van der Waals surface area contributed by atoms with Crippen LogP contribution >= 0.6 is 11.9 Å². The van der Waals surface area contributed by atoms with Crippen molar-refractivity contribution in [2.24, 2.45) is 0 Å². The number of hydrogen-bond acceptors (Lipinski definition) is 5. The predicted molar refractivity (Wildman–Crippen MR) is 93.2 cm³/mol. The molecule has 116 valence electrons. The number of ether oxygens (including phenoxy) is 2. The summed E-state index contributed by atoms with van der Waals surface area (Å²) in [4.78, 5) is 0. The summed E-state index contributed by atoms with van der Waals surface area (Å²) in [6, 6.07) is 13.2. The van der Waals surface area contributed by atoms with E-state index >= 15 is 0 Å². The van der Waals surface area contributed by atoms with E-state index in [2.05, 4.69) is 0 Å². The third kappa shape index (κ3) is 2.48. The van der Waals surface area contributed by atoms with E-state index < -0.39 is 6.29 Å². The highest BCUT2D eigenvalue weighted by molar-refractivity contribution is 8.16. The van der Waals surface area contributed by atoms with Crippen molar-refractivity contribution in [2.45, 2.75) is 12.7 Å². The molecule has 1 atom stereocenters. The van der Waals surface area contributed by atoms with Crippen LogP contribution in [0.1, 0.15) is 17.5 Å². The minimum atomic E-state index is -1.05. The highest BCUT2D eigenvalue weighted by Crippen LogP contribution is 2.46. The van der Waals surface area contributed by atoms with E-state index in [1.165, 1.54) is 0 Å². The standard InChI is InChI=1S/C17H15BO4S/c18-23-22-10-5-6-11-12-7-8-20-14-4-2-1-3-13(14)16(12)17(19)21-15(11)9-10/h1-6,9,17,19H,7-8,18H2/i18T. The van der Waals surface area contributed by atoms with E-state index in [4.69, 9.17) is 15.0 Å². The Bertz CT molecular complexity index is 811. The number of rotatable bonds is 3. The van der Waals surface area contributed by atoms with Crippen LogP contribution < -0.4 is 13.7 Å². The Balaban J connectivity index is 1.82. The molecule has 0 aliphatic carbocycles. The van der Waals surface area contributed by atoms with Gasteiger partial charge in [0.1, 0.15) is 17.2 Å². The molecule has 23 heavy (non-hydrogen) atoms. The Morgan fingerprint density at radius 3 is 3.04 bits per heavy atom. The molecule has 2 aromatic carbocycles. The molecule has 0 radical (unpaired) electrons. The topological polar surface area (TPSA) is 47.9 Å².